The van der Waals surface area contributed by atoms with Crippen molar-refractivity contribution in [3.8, 4) is 0 Å². The molecule has 17 heavy (non-hydrogen) atoms. The monoisotopic (exact) mass is 258 g/mol. The molecule has 0 fully saturated rings. The van der Waals surface area contributed by atoms with Crippen molar-refractivity contribution < 1.29 is 23.1 Å². The van der Waals surface area contributed by atoms with Crippen LogP contribution in [0.2, 0.25) is 0 Å². The van der Waals surface area contributed by atoms with Gasteiger partial charge in [0.1, 0.15) is 0 Å². The first-order chi connectivity index (χ1) is 7.86. The average Bonchev–Trinajstić information content (AvgIpc) is 2.28. The third kappa shape index (κ3) is 3.18. The van der Waals surface area contributed by atoms with E-state index in [4.69, 9.17) is 10.8 Å². The van der Waals surface area contributed by atoms with Crippen molar-refractivity contribution in [2.75, 3.05) is 7.11 Å². The minimum Gasteiger partial charge on any atom is -0.478 e. The van der Waals surface area contributed by atoms with Crippen LogP contribution in [0.15, 0.2) is 33.6 Å². The molecule has 0 amide bonds. The highest BCUT2D eigenvalue weighted by molar-refractivity contribution is 7.90. The Morgan fingerprint density at radius 2 is 2.12 bits per heavy atom. The molecule has 0 bridgehead atoms. The van der Waals surface area contributed by atoms with Gasteiger partial charge in [-0.15, -0.1) is 4.40 Å². The first kappa shape index (κ1) is 13.0. The van der Waals surface area contributed by atoms with Crippen molar-refractivity contribution in [1.82, 2.24) is 0 Å². The minimum absolute atomic E-state index is 0.155. The topological polar surface area (TPSA) is 119 Å². The number of ether oxygens (including phenoxy) is 1. The lowest BCUT2D eigenvalue weighted by Gasteiger charge is -2.01. The molecule has 0 radical (unpaired) electrons. The van der Waals surface area contributed by atoms with Gasteiger partial charge < -0.3 is 15.6 Å². The van der Waals surface area contributed by atoms with Crippen LogP contribution in [0.1, 0.15) is 10.4 Å². The summed E-state index contributed by atoms with van der Waals surface area (Å²) in [5.74, 6) is -1.23. The summed E-state index contributed by atoms with van der Waals surface area (Å²) in [6, 6.07) is 4.25. The number of rotatable bonds is 3. The number of carboxylic acids is 1. The number of sulfonamides is 1. The molecule has 0 saturated carbocycles. The van der Waals surface area contributed by atoms with E-state index in [-0.39, 0.29) is 10.5 Å². The summed E-state index contributed by atoms with van der Waals surface area (Å²) < 4.78 is 30.8. The van der Waals surface area contributed by atoms with Crippen LogP contribution < -0.4 is 5.73 Å². The lowest BCUT2D eigenvalue weighted by atomic mass is 10.2. The number of carbonyl (C=O) groups is 1. The highest BCUT2D eigenvalue weighted by Crippen LogP contribution is 2.14. The largest absolute Gasteiger partial charge is 0.478 e. The second kappa shape index (κ2) is 4.83. The van der Waals surface area contributed by atoms with Gasteiger partial charge in [0.2, 0.25) is 0 Å². The second-order valence-electron chi connectivity index (χ2n) is 2.94. The maximum atomic E-state index is 11.6. The first-order valence-electron chi connectivity index (χ1n) is 4.34. The Bertz CT molecular complexity index is 565. The Morgan fingerprint density at radius 3 is 2.65 bits per heavy atom. The van der Waals surface area contributed by atoms with Crippen molar-refractivity contribution in [3.05, 3.63) is 29.8 Å². The number of nitrogens with zero attached hydrogens (tertiary/aromatic N) is 1. The summed E-state index contributed by atoms with van der Waals surface area (Å²) >= 11 is 0. The Labute approximate surface area is 97.6 Å². The van der Waals surface area contributed by atoms with Gasteiger partial charge in [-0.05, 0) is 18.2 Å². The van der Waals surface area contributed by atoms with E-state index in [0.717, 1.165) is 6.07 Å². The molecule has 8 heteroatoms. The summed E-state index contributed by atoms with van der Waals surface area (Å²) in [6.45, 7) is 0. The van der Waals surface area contributed by atoms with Gasteiger partial charge in [-0.3, -0.25) is 0 Å². The van der Waals surface area contributed by atoms with Crippen molar-refractivity contribution >= 4 is 22.0 Å². The molecule has 0 saturated heterocycles. The van der Waals surface area contributed by atoms with E-state index in [1.807, 2.05) is 0 Å². The fourth-order valence-electron chi connectivity index (χ4n) is 0.998. The Balaban J connectivity index is 3.25. The maximum Gasteiger partial charge on any atom is 0.335 e. The maximum absolute atomic E-state index is 11.6. The molecular weight excluding hydrogens is 248 g/mol. The van der Waals surface area contributed by atoms with Crippen molar-refractivity contribution in [3.63, 3.8) is 0 Å². The normalized spacial score (nSPS) is 12.2. The molecule has 1 aromatic rings. The molecule has 7 nitrogen and oxygen atoms in total. The quantitative estimate of drug-likeness (QED) is 0.583. The second-order valence-corrected chi connectivity index (χ2v) is 4.55. The molecule has 0 unspecified atom stereocenters. The predicted molar refractivity (Wildman–Crippen MR) is 59.2 cm³/mol. The molecule has 0 heterocycles. The van der Waals surface area contributed by atoms with Crippen LogP contribution in [-0.4, -0.2) is 32.6 Å². The van der Waals surface area contributed by atoms with Gasteiger partial charge >= 0.3 is 5.97 Å². The van der Waals surface area contributed by atoms with Crippen LogP contribution >= 0.6 is 0 Å². The zero-order valence-corrected chi connectivity index (χ0v) is 9.64. The standard InChI is InChI=1S/C9H10N2O5S/c1-16-9(10)11-17(14,15)7-4-2-3-6(5-7)8(12)13/h2-5H,1H3,(H2,10,11)(H,12,13). The number of carboxylic acid groups (broad SMARTS) is 1. The van der Waals surface area contributed by atoms with E-state index >= 15 is 0 Å². The zero-order chi connectivity index (χ0) is 13.1. The fourth-order valence-corrected chi connectivity index (χ4v) is 1.94. The predicted octanol–water partition coefficient (Wildman–Crippen LogP) is 0.0346. The van der Waals surface area contributed by atoms with E-state index in [1.54, 1.807) is 0 Å². The summed E-state index contributed by atoms with van der Waals surface area (Å²) in [7, 11) is -2.88. The summed E-state index contributed by atoms with van der Waals surface area (Å²) in [5, 5.41) is 8.72. The zero-order valence-electron chi connectivity index (χ0n) is 8.82. The molecule has 0 aromatic heterocycles. The highest BCUT2D eigenvalue weighted by atomic mass is 32.2. The van der Waals surface area contributed by atoms with E-state index in [9.17, 15) is 13.2 Å². The molecule has 1 aromatic carbocycles. The third-order valence-corrected chi connectivity index (χ3v) is 3.07. The molecule has 0 aliphatic heterocycles. The number of methoxy groups -OCH3 is 1. The van der Waals surface area contributed by atoms with Gasteiger partial charge in [-0.2, -0.15) is 8.42 Å². The minimum atomic E-state index is -4.05. The SMILES string of the molecule is CO/C(N)=N/S(=O)(=O)c1cccc(C(=O)O)c1. The van der Waals surface area contributed by atoms with Crippen LogP contribution in [0.25, 0.3) is 0 Å². The van der Waals surface area contributed by atoms with Crippen LogP contribution in [0.4, 0.5) is 0 Å². The van der Waals surface area contributed by atoms with Gasteiger partial charge in [0.05, 0.1) is 17.6 Å². The van der Waals surface area contributed by atoms with E-state index < -0.39 is 22.0 Å². The first-order valence-corrected chi connectivity index (χ1v) is 5.78. The van der Waals surface area contributed by atoms with E-state index in [1.165, 1.54) is 25.3 Å². The molecule has 92 valence electrons. The smallest absolute Gasteiger partial charge is 0.335 e. The van der Waals surface area contributed by atoms with Gasteiger partial charge in [-0.1, -0.05) is 6.07 Å². The summed E-state index contributed by atoms with van der Waals surface area (Å²) in [5.41, 5.74) is 4.97. The Hall–Kier alpha value is -2.09. The fraction of sp³-hybridized carbons (Fsp3) is 0.111. The lowest BCUT2D eigenvalue weighted by molar-refractivity contribution is 0.0696. The molecule has 3 N–H and O–H groups in total. The summed E-state index contributed by atoms with van der Waals surface area (Å²) in [6.07, 6.45) is 0. The summed E-state index contributed by atoms with van der Waals surface area (Å²) in [4.78, 5) is 10.4. The molecule has 0 atom stereocenters. The van der Waals surface area contributed by atoms with Gasteiger partial charge in [0.15, 0.2) is 0 Å². The number of aromatic carboxylic acids is 1. The Morgan fingerprint density at radius 1 is 1.47 bits per heavy atom. The van der Waals surface area contributed by atoms with E-state index in [2.05, 4.69) is 9.13 Å². The van der Waals surface area contributed by atoms with Crippen LogP contribution in [0.5, 0.6) is 0 Å². The van der Waals surface area contributed by atoms with E-state index in [0.29, 0.717) is 0 Å². The molecule has 0 aliphatic carbocycles. The van der Waals surface area contributed by atoms with Gasteiger partial charge in [0, 0.05) is 0 Å². The number of nitrogens with two attached hydrogens (primary N) is 1. The number of amidine groups is 1. The number of hydrogen-bond donors (Lipinski definition) is 2. The van der Waals surface area contributed by atoms with Gasteiger partial charge in [-0.25, -0.2) is 4.79 Å². The lowest BCUT2D eigenvalue weighted by Crippen LogP contribution is -2.16. The van der Waals surface area contributed by atoms with Crippen molar-refractivity contribution in [2.24, 2.45) is 10.1 Å². The van der Waals surface area contributed by atoms with Crippen LogP contribution in [-0.2, 0) is 14.8 Å². The molecule has 0 spiro atoms. The average molecular weight is 258 g/mol. The molecular formula is C9H10N2O5S. The molecule has 1 rings (SSSR count). The van der Waals surface area contributed by atoms with Crippen molar-refractivity contribution in [1.29, 1.82) is 0 Å². The third-order valence-electron chi connectivity index (χ3n) is 1.80. The highest BCUT2D eigenvalue weighted by Gasteiger charge is 2.16. The van der Waals surface area contributed by atoms with Gasteiger partial charge in [0.25, 0.3) is 16.0 Å². The van der Waals surface area contributed by atoms with Crippen LogP contribution in [0.3, 0.4) is 0 Å². The number of benzene rings is 1. The number of hydrogen-bond acceptors (Lipinski definition) is 4. The van der Waals surface area contributed by atoms with Crippen LogP contribution in [0, 0.1) is 0 Å². The Kier molecular flexibility index (Phi) is 3.69. The molecule has 0 aliphatic rings. The van der Waals surface area contributed by atoms with Crippen molar-refractivity contribution in [2.45, 2.75) is 4.90 Å².